The lowest BCUT2D eigenvalue weighted by molar-refractivity contribution is 0.444. The lowest BCUT2D eigenvalue weighted by Crippen LogP contribution is -2.07. The van der Waals surface area contributed by atoms with Crippen molar-refractivity contribution >= 4 is 10.1 Å². The molecule has 0 fully saturated rings. The molecule has 0 spiro atoms. The summed E-state index contributed by atoms with van der Waals surface area (Å²) in [5.41, 5.74) is 3.68. The van der Waals surface area contributed by atoms with Gasteiger partial charge in [-0.1, -0.05) is 85.8 Å². The predicted molar refractivity (Wildman–Crippen MR) is 133 cm³/mol. The fraction of sp³-hybridized carbons (Fsp3) is 0.143. The highest BCUT2D eigenvalue weighted by atomic mass is 32.2. The Balaban J connectivity index is 1.81. The van der Waals surface area contributed by atoms with Gasteiger partial charge in [-0.2, -0.15) is 8.42 Å². The molecule has 0 bridgehead atoms. The van der Waals surface area contributed by atoms with E-state index in [0.29, 0.717) is 11.1 Å². The molecule has 0 saturated carbocycles. The average molecular weight is 475 g/mol. The van der Waals surface area contributed by atoms with Crippen molar-refractivity contribution in [3.8, 4) is 22.6 Å². The second-order valence-electron chi connectivity index (χ2n) is 8.41. The van der Waals surface area contributed by atoms with Gasteiger partial charge in [-0.25, -0.2) is 0 Å². The molecule has 0 aliphatic rings. The summed E-state index contributed by atoms with van der Waals surface area (Å²) < 4.78 is 32.8. The first-order valence-corrected chi connectivity index (χ1v) is 12.4. The molecule has 6 heteroatoms. The lowest BCUT2D eigenvalue weighted by atomic mass is 9.81. The molecule has 2 atom stereocenters. The van der Waals surface area contributed by atoms with E-state index in [1.165, 1.54) is 11.6 Å². The zero-order valence-electron chi connectivity index (χ0n) is 18.7. The molecular formula is C28H26O5S. The van der Waals surface area contributed by atoms with Gasteiger partial charge in [-0.15, -0.1) is 0 Å². The molecule has 2 unspecified atom stereocenters. The second-order valence-corrected chi connectivity index (χ2v) is 9.80. The van der Waals surface area contributed by atoms with Crippen LogP contribution >= 0.6 is 0 Å². The van der Waals surface area contributed by atoms with Crippen LogP contribution in [0.5, 0.6) is 11.5 Å². The Morgan fingerprint density at radius 2 is 1.38 bits per heavy atom. The van der Waals surface area contributed by atoms with Gasteiger partial charge in [0.2, 0.25) is 0 Å². The van der Waals surface area contributed by atoms with Crippen molar-refractivity contribution < 1.29 is 23.2 Å². The third kappa shape index (κ3) is 4.98. The fourth-order valence-electron chi connectivity index (χ4n) is 4.36. The summed E-state index contributed by atoms with van der Waals surface area (Å²) in [5.74, 6) is -0.368. The summed E-state index contributed by atoms with van der Waals surface area (Å²) in [7, 11) is -4.59. The first kappa shape index (κ1) is 23.5. The van der Waals surface area contributed by atoms with Crippen LogP contribution in [0.2, 0.25) is 0 Å². The van der Waals surface area contributed by atoms with Crippen LogP contribution in [-0.2, 0) is 10.1 Å². The molecule has 0 saturated heterocycles. The van der Waals surface area contributed by atoms with Crippen LogP contribution in [0.1, 0.15) is 41.9 Å². The highest BCUT2D eigenvalue weighted by molar-refractivity contribution is 7.86. The molecule has 4 aromatic rings. The first-order chi connectivity index (χ1) is 16.3. The number of aromatic hydroxyl groups is 2. The van der Waals surface area contributed by atoms with E-state index >= 15 is 0 Å². The van der Waals surface area contributed by atoms with Crippen LogP contribution in [0.3, 0.4) is 0 Å². The van der Waals surface area contributed by atoms with Crippen molar-refractivity contribution in [3.63, 3.8) is 0 Å². The monoisotopic (exact) mass is 474 g/mol. The Morgan fingerprint density at radius 1 is 0.765 bits per heavy atom. The molecule has 5 nitrogen and oxygen atoms in total. The highest BCUT2D eigenvalue weighted by Crippen LogP contribution is 2.42. The Kier molecular flexibility index (Phi) is 6.72. The van der Waals surface area contributed by atoms with Crippen LogP contribution in [0.15, 0.2) is 102 Å². The van der Waals surface area contributed by atoms with E-state index in [-0.39, 0.29) is 23.1 Å². The van der Waals surface area contributed by atoms with Crippen LogP contribution in [0.4, 0.5) is 0 Å². The molecule has 0 heterocycles. The van der Waals surface area contributed by atoms with Gasteiger partial charge in [0, 0.05) is 17.0 Å². The number of phenols is 2. The summed E-state index contributed by atoms with van der Waals surface area (Å²) in [4.78, 5) is -0.558. The Labute approximate surface area is 199 Å². The maximum atomic E-state index is 11.7. The number of rotatable bonds is 7. The lowest BCUT2D eigenvalue weighted by Gasteiger charge is -2.24. The van der Waals surface area contributed by atoms with E-state index in [1.54, 1.807) is 24.3 Å². The number of para-hydroxylation sites is 1. The third-order valence-electron chi connectivity index (χ3n) is 6.15. The summed E-state index contributed by atoms with van der Waals surface area (Å²) in [6, 6.07) is 29.2. The summed E-state index contributed by atoms with van der Waals surface area (Å²) in [5, 5.41) is 21.4. The molecule has 0 aliphatic carbocycles. The van der Waals surface area contributed by atoms with E-state index in [1.807, 2.05) is 48.5 Å². The number of benzene rings is 4. The summed E-state index contributed by atoms with van der Waals surface area (Å²) in [6.45, 7) is 2.15. The van der Waals surface area contributed by atoms with Gasteiger partial charge in [-0.3, -0.25) is 4.55 Å². The Hall–Kier alpha value is -3.61. The molecule has 0 radical (unpaired) electrons. The van der Waals surface area contributed by atoms with Gasteiger partial charge in [0.15, 0.2) is 0 Å². The molecular weight excluding hydrogens is 448 g/mol. The van der Waals surface area contributed by atoms with Gasteiger partial charge in [0.1, 0.15) is 16.4 Å². The standard InChI is InChI=1S/C28H26O5S/c1-19(20-9-4-2-5-10-20)17-24(21-11-6-3-7-12-21)25-18-22(15-16-26(25)29)23-13-8-14-27(28(23)30)34(31,32)33/h2-16,18-19,24,29-30H,17H2,1H3,(H,31,32,33). The van der Waals surface area contributed by atoms with Crippen molar-refractivity contribution in [2.75, 3.05) is 0 Å². The smallest absolute Gasteiger partial charge is 0.298 e. The van der Waals surface area contributed by atoms with Crippen molar-refractivity contribution in [1.29, 1.82) is 0 Å². The molecule has 4 rings (SSSR count). The van der Waals surface area contributed by atoms with Crippen LogP contribution in [0.25, 0.3) is 11.1 Å². The largest absolute Gasteiger partial charge is 0.508 e. The Bertz CT molecular complexity index is 1380. The van der Waals surface area contributed by atoms with E-state index in [0.717, 1.165) is 18.1 Å². The van der Waals surface area contributed by atoms with Crippen LogP contribution in [0, 0.1) is 0 Å². The van der Waals surface area contributed by atoms with Crippen LogP contribution in [-0.4, -0.2) is 23.2 Å². The second kappa shape index (κ2) is 9.71. The van der Waals surface area contributed by atoms with Crippen molar-refractivity contribution in [3.05, 3.63) is 114 Å². The average Bonchev–Trinajstić information content (AvgIpc) is 2.83. The van der Waals surface area contributed by atoms with E-state index in [9.17, 15) is 23.2 Å². The van der Waals surface area contributed by atoms with Crippen molar-refractivity contribution in [2.45, 2.75) is 30.1 Å². The minimum atomic E-state index is -4.59. The predicted octanol–water partition coefficient (Wildman–Crippen LogP) is 6.34. The quantitative estimate of drug-likeness (QED) is 0.272. The van der Waals surface area contributed by atoms with Crippen molar-refractivity contribution in [1.82, 2.24) is 0 Å². The highest BCUT2D eigenvalue weighted by Gasteiger charge is 2.24. The zero-order chi connectivity index (χ0) is 24.3. The maximum absolute atomic E-state index is 11.7. The molecule has 174 valence electrons. The van der Waals surface area contributed by atoms with Gasteiger partial charge < -0.3 is 10.2 Å². The first-order valence-electron chi connectivity index (χ1n) is 11.0. The van der Waals surface area contributed by atoms with Gasteiger partial charge >= 0.3 is 0 Å². The maximum Gasteiger partial charge on any atom is 0.298 e. The Morgan fingerprint density at radius 3 is 2.00 bits per heavy atom. The molecule has 3 N–H and O–H groups in total. The fourth-order valence-corrected chi connectivity index (χ4v) is 4.97. The topological polar surface area (TPSA) is 94.8 Å². The van der Waals surface area contributed by atoms with Gasteiger partial charge in [-0.05, 0) is 47.2 Å². The van der Waals surface area contributed by atoms with Crippen LogP contribution < -0.4 is 0 Å². The zero-order valence-corrected chi connectivity index (χ0v) is 19.5. The van der Waals surface area contributed by atoms with Gasteiger partial charge in [0.05, 0.1) is 0 Å². The van der Waals surface area contributed by atoms with E-state index in [4.69, 9.17) is 0 Å². The van der Waals surface area contributed by atoms with Gasteiger partial charge in [0.25, 0.3) is 10.1 Å². The van der Waals surface area contributed by atoms with Crippen molar-refractivity contribution in [2.24, 2.45) is 0 Å². The number of hydrogen-bond acceptors (Lipinski definition) is 4. The molecule has 0 amide bonds. The summed E-state index contributed by atoms with van der Waals surface area (Å²) >= 11 is 0. The minimum Gasteiger partial charge on any atom is -0.508 e. The third-order valence-corrected chi connectivity index (χ3v) is 7.04. The number of phenolic OH excluding ortho intramolecular Hbond substituents is 2. The molecule has 34 heavy (non-hydrogen) atoms. The normalized spacial score (nSPS) is 13.4. The molecule has 0 aliphatic heterocycles. The van der Waals surface area contributed by atoms with E-state index < -0.39 is 20.8 Å². The molecule has 0 aromatic heterocycles. The minimum absolute atomic E-state index is 0.114. The molecule has 4 aromatic carbocycles. The summed E-state index contributed by atoms with van der Waals surface area (Å²) in [6.07, 6.45) is 0.724. The van der Waals surface area contributed by atoms with E-state index in [2.05, 4.69) is 19.1 Å². The number of hydrogen-bond donors (Lipinski definition) is 3. The SMILES string of the molecule is CC(CC(c1ccccc1)c1cc(-c2cccc(S(=O)(=O)O)c2O)ccc1O)c1ccccc1.